The third-order valence-electron chi connectivity index (χ3n) is 5.67. The number of carboxylic acid groups (broad SMARTS) is 1. The van der Waals surface area contributed by atoms with E-state index in [9.17, 15) is 18.3 Å². The van der Waals surface area contributed by atoms with Gasteiger partial charge in [0.05, 0.1) is 18.3 Å². The molecule has 4 rings (SSSR count). The Hall–Kier alpha value is -3.75. The second kappa shape index (κ2) is 9.62. The van der Waals surface area contributed by atoms with Gasteiger partial charge in [0.25, 0.3) is 0 Å². The van der Waals surface area contributed by atoms with Crippen LogP contribution in [0.4, 0.5) is 0 Å². The summed E-state index contributed by atoms with van der Waals surface area (Å²) in [5.41, 5.74) is 2.68. The van der Waals surface area contributed by atoms with Crippen molar-refractivity contribution in [3.8, 4) is 0 Å². The van der Waals surface area contributed by atoms with Gasteiger partial charge in [-0.2, -0.15) is 0 Å². The zero-order chi connectivity index (χ0) is 24.2. The van der Waals surface area contributed by atoms with Crippen molar-refractivity contribution in [2.24, 2.45) is 0 Å². The van der Waals surface area contributed by atoms with Crippen LogP contribution in [0.15, 0.2) is 104 Å². The molecule has 7 nitrogen and oxygen atoms in total. The SMILES string of the molecule is CS(=O)(=O)N[C@@H](Cc1cn(C(c2ccccc2)(c2ccccc2)c2ccccc2)cn1)C(=O)O. The molecule has 0 amide bonds. The summed E-state index contributed by atoms with van der Waals surface area (Å²) in [5.74, 6) is -1.26. The molecule has 0 unspecified atom stereocenters. The molecule has 0 saturated carbocycles. The fourth-order valence-corrected chi connectivity index (χ4v) is 4.99. The molecular weight excluding hydrogens is 450 g/mol. The van der Waals surface area contributed by atoms with Gasteiger partial charge >= 0.3 is 5.97 Å². The van der Waals surface area contributed by atoms with E-state index in [1.54, 1.807) is 12.5 Å². The lowest BCUT2D eigenvalue weighted by Gasteiger charge is -2.37. The van der Waals surface area contributed by atoms with Crippen molar-refractivity contribution in [1.29, 1.82) is 0 Å². The summed E-state index contributed by atoms with van der Waals surface area (Å²) >= 11 is 0. The fourth-order valence-electron chi connectivity index (χ4n) is 4.28. The number of benzene rings is 3. The van der Waals surface area contributed by atoms with Crippen molar-refractivity contribution in [2.45, 2.75) is 18.0 Å². The lowest BCUT2D eigenvalue weighted by atomic mass is 9.77. The van der Waals surface area contributed by atoms with E-state index in [1.165, 1.54) is 0 Å². The van der Waals surface area contributed by atoms with Crippen LogP contribution in [0.1, 0.15) is 22.4 Å². The smallest absolute Gasteiger partial charge is 0.322 e. The monoisotopic (exact) mass is 475 g/mol. The van der Waals surface area contributed by atoms with Gasteiger partial charge in [0.2, 0.25) is 10.0 Å². The number of carbonyl (C=O) groups is 1. The molecular formula is C26H25N3O4S. The normalized spacial score (nSPS) is 12.9. The lowest BCUT2D eigenvalue weighted by molar-refractivity contribution is -0.138. The number of nitrogens with one attached hydrogen (secondary N) is 1. The molecule has 0 fully saturated rings. The summed E-state index contributed by atoms with van der Waals surface area (Å²) in [6.07, 6.45) is 4.30. The number of sulfonamides is 1. The van der Waals surface area contributed by atoms with E-state index in [0.717, 1.165) is 22.9 Å². The summed E-state index contributed by atoms with van der Waals surface area (Å²) in [6.45, 7) is 0. The van der Waals surface area contributed by atoms with Gasteiger partial charge in [-0.3, -0.25) is 4.79 Å². The van der Waals surface area contributed by atoms with Crippen molar-refractivity contribution in [2.75, 3.05) is 6.26 Å². The van der Waals surface area contributed by atoms with Gasteiger partial charge in [-0.1, -0.05) is 91.0 Å². The Morgan fingerprint density at radius 2 is 1.35 bits per heavy atom. The van der Waals surface area contributed by atoms with Crippen LogP contribution in [0.5, 0.6) is 0 Å². The minimum absolute atomic E-state index is 0.0934. The van der Waals surface area contributed by atoms with Crippen molar-refractivity contribution >= 4 is 16.0 Å². The molecule has 0 aliphatic carbocycles. The molecule has 1 heterocycles. The second-order valence-corrected chi connectivity index (χ2v) is 9.85. The molecule has 0 spiro atoms. The molecule has 1 aromatic heterocycles. The van der Waals surface area contributed by atoms with Gasteiger partial charge in [0, 0.05) is 12.6 Å². The Balaban J connectivity index is 1.89. The van der Waals surface area contributed by atoms with E-state index >= 15 is 0 Å². The Kier molecular flexibility index (Phi) is 6.63. The molecule has 8 heteroatoms. The summed E-state index contributed by atoms with van der Waals surface area (Å²) in [4.78, 5) is 16.2. The van der Waals surface area contributed by atoms with Crippen LogP contribution in [-0.4, -0.2) is 41.3 Å². The Labute approximate surface area is 198 Å². The first-order valence-corrected chi connectivity index (χ1v) is 12.6. The number of imidazole rings is 1. The van der Waals surface area contributed by atoms with E-state index in [0.29, 0.717) is 5.69 Å². The van der Waals surface area contributed by atoms with E-state index in [2.05, 4.69) is 9.71 Å². The molecule has 3 aromatic carbocycles. The number of hydrogen-bond acceptors (Lipinski definition) is 4. The molecule has 0 radical (unpaired) electrons. The van der Waals surface area contributed by atoms with E-state index < -0.39 is 27.6 Å². The molecule has 0 aliphatic rings. The van der Waals surface area contributed by atoms with Gasteiger partial charge in [-0.15, -0.1) is 0 Å². The van der Waals surface area contributed by atoms with Crippen molar-refractivity contribution < 1.29 is 18.3 Å². The van der Waals surface area contributed by atoms with Gasteiger partial charge in [-0.05, 0) is 16.7 Å². The number of carboxylic acids is 1. The maximum Gasteiger partial charge on any atom is 0.322 e. The summed E-state index contributed by atoms with van der Waals surface area (Å²) < 4.78 is 27.4. The number of aliphatic carboxylic acids is 1. The van der Waals surface area contributed by atoms with Crippen LogP contribution in [0.2, 0.25) is 0 Å². The first-order chi connectivity index (χ1) is 16.3. The van der Waals surface area contributed by atoms with Gasteiger partial charge in [0.15, 0.2) is 0 Å². The highest BCUT2D eigenvalue weighted by atomic mass is 32.2. The zero-order valence-corrected chi connectivity index (χ0v) is 19.4. The zero-order valence-electron chi connectivity index (χ0n) is 18.6. The predicted molar refractivity (Wildman–Crippen MR) is 130 cm³/mol. The van der Waals surface area contributed by atoms with E-state index in [4.69, 9.17) is 0 Å². The highest BCUT2D eigenvalue weighted by Crippen LogP contribution is 2.40. The van der Waals surface area contributed by atoms with Crippen LogP contribution in [-0.2, 0) is 26.8 Å². The maximum absolute atomic E-state index is 11.7. The topological polar surface area (TPSA) is 101 Å². The maximum atomic E-state index is 11.7. The average Bonchev–Trinajstić information content (AvgIpc) is 3.29. The summed E-state index contributed by atoms with van der Waals surface area (Å²) in [5, 5.41) is 9.54. The van der Waals surface area contributed by atoms with E-state index in [-0.39, 0.29) is 6.42 Å². The highest BCUT2D eigenvalue weighted by molar-refractivity contribution is 7.88. The Morgan fingerprint density at radius 3 is 1.74 bits per heavy atom. The second-order valence-electron chi connectivity index (χ2n) is 8.07. The fraction of sp³-hybridized carbons (Fsp3) is 0.154. The van der Waals surface area contributed by atoms with Gasteiger partial charge < -0.3 is 9.67 Å². The molecule has 0 aliphatic heterocycles. The van der Waals surface area contributed by atoms with Gasteiger partial charge in [0.1, 0.15) is 11.6 Å². The van der Waals surface area contributed by atoms with Crippen LogP contribution in [0.25, 0.3) is 0 Å². The minimum Gasteiger partial charge on any atom is -0.480 e. The summed E-state index contributed by atoms with van der Waals surface area (Å²) in [7, 11) is -3.70. The van der Waals surface area contributed by atoms with E-state index in [1.807, 2.05) is 95.6 Å². The molecule has 1 atom stereocenters. The molecule has 174 valence electrons. The number of nitrogens with zero attached hydrogens (tertiary/aromatic N) is 2. The summed E-state index contributed by atoms with van der Waals surface area (Å²) in [6, 6.07) is 28.7. The number of hydrogen-bond donors (Lipinski definition) is 2. The van der Waals surface area contributed by atoms with Crippen molar-refractivity contribution in [3.63, 3.8) is 0 Å². The first-order valence-electron chi connectivity index (χ1n) is 10.7. The highest BCUT2D eigenvalue weighted by Gasteiger charge is 2.38. The minimum atomic E-state index is -3.70. The molecule has 2 N–H and O–H groups in total. The van der Waals surface area contributed by atoms with Crippen LogP contribution in [0.3, 0.4) is 0 Å². The predicted octanol–water partition coefficient (Wildman–Crippen LogP) is 3.27. The Bertz CT molecular complexity index is 1260. The standard InChI is InChI=1S/C26H25N3O4S/c1-34(32,33)28-24(25(30)31)17-23-18-29(19-27-23)26(20-11-5-2-6-12-20,21-13-7-3-8-14-21)22-15-9-4-10-16-22/h2-16,18-19,24,28H,17H2,1H3,(H,30,31)/t24-/m0/s1. The van der Waals surface area contributed by atoms with Crippen LogP contribution in [0, 0.1) is 0 Å². The third-order valence-corrected chi connectivity index (χ3v) is 6.38. The largest absolute Gasteiger partial charge is 0.480 e. The van der Waals surface area contributed by atoms with Gasteiger partial charge in [-0.25, -0.2) is 18.1 Å². The molecule has 4 aromatic rings. The molecule has 0 bridgehead atoms. The number of aromatic nitrogens is 2. The number of rotatable bonds is 9. The van der Waals surface area contributed by atoms with Crippen LogP contribution < -0.4 is 4.72 Å². The molecule has 34 heavy (non-hydrogen) atoms. The Morgan fingerprint density at radius 1 is 0.912 bits per heavy atom. The molecule has 0 saturated heterocycles. The quantitative estimate of drug-likeness (QED) is 0.362. The lowest BCUT2D eigenvalue weighted by Crippen LogP contribution is -2.41. The van der Waals surface area contributed by atoms with Crippen molar-refractivity contribution in [3.05, 3.63) is 126 Å². The average molecular weight is 476 g/mol. The first kappa shape index (κ1) is 23.4. The van der Waals surface area contributed by atoms with Crippen molar-refractivity contribution in [1.82, 2.24) is 14.3 Å². The van der Waals surface area contributed by atoms with Crippen LogP contribution >= 0.6 is 0 Å². The third kappa shape index (κ3) is 4.78.